The fourth-order valence-electron chi connectivity index (χ4n) is 3.20. The van der Waals surface area contributed by atoms with Gasteiger partial charge in [-0.25, -0.2) is 0 Å². The molecule has 1 aliphatic rings. The minimum atomic E-state index is 0.0606. The summed E-state index contributed by atoms with van der Waals surface area (Å²) in [4.78, 5) is 0. The van der Waals surface area contributed by atoms with Crippen molar-refractivity contribution in [2.45, 2.75) is 83.8 Å². The zero-order valence-corrected chi connectivity index (χ0v) is 16.2. The van der Waals surface area contributed by atoms with Crippen LogP contribution >= 0.6 is 0 Å². The van der Waals surface area contributed by atoms with Crippen molar-refractivity contribution in [1.82, 2.24) is 0 Å². The van der Waals surface area contributed by atoms with Gasteiger partial charge in [0, 0.05) is 0 Å². The summed E-state index contributed by atoms with van der Waals surface area (Å²) in [5.74, 6) is 0.946. The van der Waals surface area contributed by atoms with Crippen LogP contribution in [0.25, 0.3) is 0 Å². The number of hydrogen-bond acceptors (Lipinski definition) is 3. The summed E-state index contributed by atoms with van der Waals surface area (Å²) in [6.45, 7) is 6.64. The Morgan fingerprint density at radius 2 is 1.56 bits per heavy atom. The predicted molar refractivity (Wildman–Crippen MR) is 103 cm³/mol. The SMILES string of the molecule is CCCCCCCC1COC(c2ccc(OCCCCC)cc2)CO1. The highest BCUT2D eigenvalue weighted by Gasteiger charge is 2.23. The highest BCUT2D eigenvalue weighted by Crippen LogP contribution is 2.26. The summed E-state index contributed by atoms with van der Waals surface area (Å²) < 4.78 is 17.8. The van der Waals surface area contributed by atoms with Crippen LogP contribution in [0, 0.1) is 0 Å². The zero-order valence-electron chi connectivity index (χ0n) is 16.2. The van der Waals surface area contributed by atoms with Crippen molar-refractivity contribution in [3.05, 3.63) is 29.8 Å². The van der Waals surface area contributed by atoms with Gasteiger partial charge >= 0.3 is 0 Å². The van der Waals surface area contributed by atoms with Gasteiger partial charge in [0.1, 0.15) is 11.9 Å². The number of rotatable bonds is 12. The lowest BCUT2D eigenvalue weighted by Gasteiger charge is -2.30. The molecule has 2 unspecified atom stereocenters. The minimum absolute atomic E-state index is 0.0606. The van der Waals surface area contributed by atoms with Crippen LogP contribution in [0.3, 0.4) is 0 Å². The summed E-state index contributed by atoms with van der Waals surface area (Å²) in [6.07, 6.45) is 11.6. The molecule has 25 heavy (non-hydrogen) atoms. The van der Waals surface area contributed by atoms with Gasteiger partial charge in [-0.05, 0) is 30.5 Å². The van der Waals surface area contributed by atoms with Crippen LogP contribution in [0.1, 0.15) is 83.3 Å². The fourth-order valence-corrected chi connectivity index (χ4v) is 3.20. The second kappa shape index (κ2) is 12.3. The minimum Gasteiger partial charge on any atom is -0.494 e. The van der Waals surface area contributed by atoms with Gasteiger partial charge in [0.2, 0.25) is 0 Å². The number of unbranched alkanes of at least 4 members (excludes halogenated alkanes) is 6. The smallest absolute Gasteiger partial charge is 0.119 e. The van der Waals surface area contributed by atoms with Gasteiger partial charge in [0.25, 0.3) is 0 Å². The molecule has 0 amide bonds. The normalized spacial score (nSPS) is 20.6. The summed E-state index contributed by atoms with van der Waals surface area (Å²) >= 11 is 0. The molecule has 2 rings (SSSR count). The van der Waals surface area contributed by atoms with Gasteiger partial charge in [-0.1, -0.05) is 70.9 Å². The third-order valence-electron chi connectivity index (χ3n) is 4.86. The van der Waals surface area contributed by atoms with E-state index in [9.17, 15) is 0 Å². The first-order valence-corrected chi connectivity index (χ1v) is 10.3. The highest BCUT2D eigenvalue weighted by molar-refractivity contribution is 5.28. The first-order chi connectivity index (χ1) is 12.3. The molecule has 1 aromatic rings. The molecule has 0 spiro atoms. The molecule has 3 heteroatoms. The quantitative estimate of drug-likeness (QED) is 0.429. The average molecular weight is 349 g/mol. The summed E-state index contributed by atoms with van der Waals surface area (Å²) in [7, 11) is 0. The van der Waals surface area contributed by atoms with E-state index in [4.69, 9.17) is 14.2 Å². The van der Waals surface area contributed by atoms with Crippen molar-refractivity contribution in [2.24, 2.45) is 0 Å². The second-order valence-electron chi connectivity index (χ2n) is 7.10. The largest absolute Gasteiger partial charge is 0.494 e. The van der Waals surface area contributed by atoms with Crippen LogP contribution in [0.2, 0.25) is 0 Å². The van der Waals surface area contributed by atoms with E-state index in [2.05, 4.69) is 26.0 Å². The summed E-state index contributed by atoms with van der Waals surface area (Å²) in [6, 6.07) is 8.30. The van der Waals surface area contributed by atoms with Crippen LogP contribution in [0.4, 0.5) is 0 Å². The van der Waals surface area contributed by atoms with Crippen molar-refractivity contribution in [3.8, 4) is 5.75 Å². The molecule has 1 saturated heterocycles. The molecule has 0 N–H and O–H groups in total. The fraction of sp³-hybridized carbons (Fsp3) is 0.727. The van der Waals surface area contributed by atoms with Gasteiger partial charge in [0.15, 0.2) is 0 Å². The van der Waals surface area contributed by atoms with Crippen molar-refractivity contribution in [2.75, 3.05) is 19.8 Å². The first kappa shape index (κ1) is 20.3. The monoisotopic (exact) mass is 348 g/mol. The maximum Gasteiger partial charge on any atom is 0.119 e. The third kappa shape index (κ3) is 7.79. The molecular formula is C22H36O3. The van der Waals surface area contributed by atoms with Crippen molar-refractivity contribution in [3.63, 3.8) is 0 Å². The zero-order chi connectivity index (χ0) is 17.7. The molecule has 0 bridgehead atoms. The van der Waals surface area contributed by atoms with Crippen molar-refractivity contribution >= 4 is 0 Å². The molecule has 142 valence electrons. The average Bonchev–Trinajstić information content (AvgIpc) is 2.66. The topological polar surface area (TPSA) is 27.7 Å². The van der Waals surface area contributed by atoms with Gasteiger partial charge in [-0.15, -0.1) is 0 Å². The van der Waals surface area contributed by atoms with Gasteiger partial charge in [-0.3, -0.25) is 0 Å². The van der Waals surface area contributed by atoms with Crippen LogP contribution in [-0.4, -0.2) is 25.9 Å². The van der Waals surface area contributed by atoms with Crippen LogP contribution in [0.15, 0.2) is 24.3 Å². The lowest BCUT2D eigenvalue weighted by Crippen LogP contribution is -2.31. The molecular weight excluding hydrogens is 312 g/mol. The van der Waals surface area contributed by atoms with Gasteiger partial charge < -0.3 is 14.2 Å². The molecule has 1 heterocycles. The molecule has 0 saturated carbocycles. The molecule has 1 fully saturated rings. The molecule has 2 atom stereocenters. The Morgan fingerprint density at radius 3 is 2.24 bits per heavy atom. The molecule has 0 aromatic heterocycles. The van der Waals surface area contributed by atoms with Crippen LogP contribution < -0.4 is 4.74 Å². The van der Waals surface area contributed by atoms with Crippen LogP contribution in [-0.2, 0) is 9.47 Å². The van der Waals surface area contributed by atoms with Crippen molar-refractivity contribution < 1.29 is 14.2 Å². The number of benzene rings is 1. The summed E-state index contributed by atoms with van der Waals surface area (Å²) in [5.41, 5.74) is 1.18. The second-order valence-corrected chi connectivity index (χ2v) is 7.10. The Kier molecular flexibility index (Phi) is 9.98. The Morgan fingerprint density at radius 1 is 0.840 bits per heavy atom. The molecule has 1 aromatic carbocycles. The van der Waals surface area contributed by atoms with Gasteiger partial charge in [-0.2, -0.15) is 0 Å². The van der Waals surface area contributed by atoms with E-state index in [1.54, 1.807) is 0 Å². The maximum absolute atomic E-state index is 6.04. The maximum atomic E-state index is 6.04. The highest BCUT2D eigenvalue weighted by atomic mass is 16.6. The van der Waals surface area contributed by atoms with E-state index >= 15 is 0 Å². The lowest BCUT2D eigenvalue weighted by molar-refractivity contribution is -0.137. The molecule has 0 radical (unpaired) electrons. The van der Waals surface area contributed by atoms with Crippen LogP contribution in [0.5, 0.6) is 5.75 Å². The van der Waals surface area contributed by atoms with E-state index in [1.807, 2.05) is 12.1 Å². The van der Waals surface area contributed by atoms with E-state index in [0.717, 1.165) is 25.2 Å². The van der Waals surface area contributed by atoms with E-state index in [0.29, 0.717) is 13.2 Å². The Labute approximate surface area is 154 Å². The Balaban J connectivity index is 1.64. The standard InChI is InChI=1S/C22H36O3/c1-3-5-7-8-9-11-21-17-25-22(18-24-21)19-12-14-20(15-13-19)23-16-10-6-4-2/h12-15,21-22H,3-11,16-18H2,1-2H3. The molecule has 3 nitrogen and oxygen atoms in total. The van der Waals surface area contributed by atoms with E-state index in [1.165, 1.54) is 50.5 Å². The number of ether oxygens (including phenoxy) is 3. The van der Waals surface area contributed by atoms with E-state index in [-0.39, 0.29) is 12.2 Å². The first-order valence-electron chi connectivity index (χ1n) is 10.3. The Bertz CT molecular complexity index is 435. The van der Waals surface area contributed by atoms with E-state index < -0.39 is 0 Å². The Hall–Kier alpha value is -1.06. The van der Waals surface area contributed by atoms with Crippen molar-refractivity contribution in [1.29, 1.82) is 0 Å². The predicted octanol–water partition coefficient (Wildman–Crippen LogP) is 6.07. The summed E-state index contributed by atoms with van der Waals surface area (Å²) in [5, 5.41) is 0. The molecule has 0 aliphatic carbocycles. The molecule has 1 aliphatic heterocycles. The number of hydrogen-bond donors (Lipinski definition) is 0. The lowest BCUT2D eigenvalue weighted by atomic mass is 10.1. The van der Waals surface area contributed by atoms with Gasteiger partial charge in [0.05, 0.1) is 25.9 Å². The third-order valence-corrected chi connectivity index (χ3v) is 4.86.